The Labute approximate surface area is 123 Å². The van der Waals surface area contributed by atoms with Gasteiger partial charge in [0.15, 0.2) is 0 Å². The van der Waals surface area contributed by atoms with Crippen molar-refractivity contribution in [2.24, 2.45) is 0 Å². The Hall–Kier alpha value is -1.45. The molecule has 0 amide bonds. The van der Waals surface area contributed by atoms with Crippen molar-refractivity contribution in [1.82, 2.24) is 0 Å². The van der Waals surface area contributed by atoms with Crippen molar-refractivity contribution in [3.63, 3.8) is 0 Å². The summed E-state index contributed by atoms with van der Waals surface area (Å²) in [6, 6.07) is 2.00. The molecule has 0 aromatic heterocycles. The second-order valence-electron chi connectivity index (χ2n) is 3.71. The van der Waals surface area contributed by atoms with Crippen molar-refractivity contribution in [2.75, 3.05) is 5.33 Å². The summed E-state index contributed by atoms with van der Waals surface area (Å²) in [5.41, 5.74) is -0.362. The average Bonchev–Trinajstić information content (AvgIpc) is 2.28. The maximum absolute atomic E-state index is 12.2. The molecule has 21 heavy (non-hydrogen) atoms. The Morgan fingerprint density at radius 3 is 2.10 bits per heavy atom. The van der Waals surface area contributed by atoms with Crippen LogP contribution in [0.15, 0.2) is 18.2 Å². The molecule has 118 valence electrons. The molecule has 3 nitrogen and oxygen atoms in total. The largest absolute Gasteiger partial charge is 0.573 e. The molecule has 0 N–H and O–H groups in total. The van der Waals surface area contributed by atoms with Gasteiger partial charge in [0, 0.05) is 12.0 Å². The maximum atomic E-state index is 12.2. The number of halogens is 7. The van der Waals surface area contributed by atoms with E-state index in [4.69, 9.17) is 0 Å². The van der Waals surface area contributed by atoms with E-state index in [1.54, 1.807) is 0 Å². The van der Waals surface area contributed by atoms with Gasteiger partial charge in [0.05, 0.1) is 5.33 Å². The molecule has 0 saturated heterocycles. The van der Waals surface area contributed by atoms with Crippen molar-refractivity contribution in [3.05, 3.63) is 23.8 Å². The molecule has 0 radical (unpaired) electrons. The first kappa shape index (κ1) is 17.6. The molecule has 1 aromatic carbocycles. The van der Waals surface area contributed by atoms with E-state index >= 15 is 0 Å². The van der Waals surface area contributed by atoms with Gasteiger partial charge in [-0.3, -0.25) is 4.79 Å². The maximum Gasteiger partial charge on any atom is 0.573 e. The van der Waals surface area contributed by atoms with E-state index in [9.17, 15) is 31.1 Å². The summed E-state index contributed by atoms with van der Waals surface area (Å²) in [6.07, 6.45) is -10.6. The number of ether oxygens (including phenoxy) is 2. The van der Waals surface area contributed by atoms with E-state index in [0.717, 1.165) is 0 Å². The van der Waals surface area contributed by atoms with Crippen LogP contribution in [0, 0.1) is 0 Å². The van der Waals surface area contributed by atoms with Crippen LogP contribution in [0.1, 0.15) is 5.56 Å². The fourth-order valence-electron chi connectivity index (χ4n) is 1.37. The SMILES string of the molecule is O=C(CBr)Cc1cc(OC(F)(F)F)ccc1OC(F)(F)F. The van der Waals surface area contributed by atoms with E-state index in [1.807, 2.05) is 0 Å². The van der Waals surface area contributed by atoms with Gasteiger partial charge in [-0.1, -0.05) is 15.9 Å². The number of carbonyl (C=O) groups excluding carboxylic acids is 1. The highest BCUT2D eigenvalue weighted by Gasteiger charge is 2.34. The summed E-state index contributed by atoms with van der Waals surface area (Å²) < 4.78 is 80.0. The molecular formula is C11H7BrF6O3. The van der Waals surface area contributed by atoms with Crippen LogP contribution in [0.25, 0.3) is 0 Å². The van der Waals surface area contributed by atoms with Crippen molar-refractivity contribution < 1.29 is 40.6 Å². The number of hydrogen-bond donors (Lipinski definition) is 0. The predicted octanol–water partition coefficient (Wildman–Crippen LogP) is 3.99. The standard InChI is InChI=1S/C11H7BrF6O3/c12-5-7(19)3-6-4-8(20-10(13,14)15)1-2-9(6)21-11(16,17)18/h1-2,4H,3,5H2. The van der Waals surface area contributed by atoms with Crippen LogP contribution in [0.4, 0.5) is 26.3 Å². The van der Waals surface area contributed by atoms with Gasteiger partial charge in [-0.05, 0) is 18.2 Å². The summed E-state index contributed by atoms with van der Waals surface area (Å²) in [7, 11) is 0. The third-order valence-corrected chi connectivity index (χ3v) is 2.65. The minimum Gasteiger partial charge on any atom is -0.406 e. The second-order valence-corrected chi connectivity index (χ2v) is 4.27. The Balaban J connectivity index is 3.10. The minimum absolute atomic E-state index is 0.164. The van der Waals surface area contributed by atoms with Gasteiger partial charge < -0.3 is 9.47 Å². The predicted molar refractivity (Wildman–Crippen MR) is 62.3 cm³/mol. The number of rotatable bonds is 5. The van der Waals surface area contributed by atoms with Gasteiger partial charge in [0.1, 0.15) is 17.3 Å². The number of Topliss-reactive ketones (excluding diaryl/α,β-unsaturated/α-hetero) is 1. The van der Waals surface area contributed by atoms with Gasteiger partial charge in [-0.25, -0.2) is 0 Å². The van der Waals surface area contributed by atoms with Gasteiger partial charge in [-0.2, -0.15) is 0 Å². The van der Waals surface area contributed by atoms with Crippen molar-refractivity contribution in [1.29, 1.82) is 0 Å². The van der Waals surface area contributed by atoms with Gasteiger partial charge in [0.2, 0.25) is 0 Å². The fourth-order valence-corrected chi connectivity index (χ4v) is 1.57. The van der Waals surface area contributed by atoms with E-state index < -0.39 is 36.4 Å². The molecule has 0 aliphatic carbocycles. The van der Waals surface area contributed by atoms with Crippen LogP contribution in [0.5, 0.6) is 11.5 Å². The zero-order valence-corrected chi connectivity index (χ0v) is 11.6. The quantitative estimate of drug-likeness (QED) is 0.572. The zero-order chi connectivity index (χ0) is 16.3. The minimum atomic E-state index is -5.03. The Kier molecular flexibility index (Phi) is 5.48. The summed E-state index contributed by atoms with van der Waals surface area (Å²) in [5, 5.41) is -0.164. The van der Waals surface area contributed by atoms with Crippen molar-refractivity contribution in [2.45, 2.75) is 19.1 Å². The third kappa shape index (κ3) is 6.69. The highest BCUT2D eigenvalue weighted by molar-refractivity contribution is 9.09. The number of hydrogen-bond acceptors (Lipinski definition) is 3. The summed E-state index contributed by atoms with van der Waals surface area (Å²) in [5.74, 6) is -2.04. The third-order valence-electron chi connectivity index (χ3n) is 2.03. The van der Waals surface area contributed by atoms with E-state index in [1.165, 1.54) is 0 Å². The second kappa shape index (κ2) is 6.54. The van der Waals surface area contributed by atoms with Crippen LogP contribution < -0.4 is 9.47 Å². The highest BCUT2D eigenvalue weighted by atomic mass is 79.9. The molecule has 0 aliphatic heterocycles. The molecule has 1 rings (SSSR count). The van der Waals surface area contributed by atoms with Crippen LogP contribution in [0.3, 0.4) is 0 Å². The topological polar surface area (TPSA) is 35.5 Å². The Morgan fingerprint density at radius 2 is 1.62 bits per heavy atom. The van der Waals surface area contributed by atoms with Crippen molar-refractivity contribution >= 4 is 21.7 Å². The van der Waals surface area contributed by atoms with Crippen LogP contribution in [0.2, 0.25) is 0 Å². The lowest BCUT2D eigenvalue weighted by Gasteiger charge is -2.15. The first-order valence-corrected chi connectivity index (χ1v) is 6.34. The van der Waals surface area contributed by atoms with Gasteiger partial charge >= 0.3 is 12.7 Å². The van der Waals surface area contributed by atoms with Crippen LogP contribution in [-0.4, -0.2) is 23.8 Å². The molecule has 0 saturated carbocycles. The molecule has 0 unspecified atom stereocenters. The number of alkyl halides is 7. The summed E-state index contributed by atoms with van der Waals surface area (Å²) in [4.78, 5) is 11.2. The summed E-state index contributed by atoms with van der Waals surface area (Å²) in [6.45, 7) is 0. The number of benzene rings is 1. The van der Waals surface area contributed by atoms with Crippen LogP contribution in [-0.2, 0) is 11.2 Å². The molecule has 0 bridgehead atoms. The lowest BCUT2D eigenvalue weighted by molar-refractivity contribution is -0.277. The Morgan fingerprint density at radius 1 is 1.05 bits per heavy atom. The lowest BCUT2D eigenvalue weighted by atomic mass is 10.1. The first-order chi connectivity index (χ1) is 9.50. The molecule has 0 atom stereocenters. The van der Waals surface area contributed by atoms with Gasteiger partial charge in [-0.15, -0.1) is 26.3 Å². The summed E-state index contributed by atoms with van der Waals surface area (Å²) >= 11 is 2.80. The van der Waals surface area contributed by atoms with Crippen LogP contribution >= 0.6 is 15.9 Å². The van der Waals surface area contributed by atoms with E-state index in [2.05, 4.69) is 25.4 Å². The van der Waals surface area contributed by atoms with Gasteiger partial charge in [0.25, 0.3) is 0 Å². The van der Waals surface area contributed by atoms with E-state index in [0.29, 0.717) is 18.2 Å². The lowest BCUT2D eigenvalue weighted by Crippen LogP contribution is -2.20. The average molecular weight is 381 g/mol. The molecule has 0 heterocycles. The fraction of sp³-hybridized carbons (Fsp3) is 0.364. The molecule has 10 heteroatoms. The number of carbonyl (C=O) groups is 1. The Bertz CT molecular complexity index is 512. The van der Waals surface area contributed by atoms with Crippen molar-refractivity contribution in [3.8, 4) is 11.5 Å². The molecule has 0 aliphatic rings. The molecule has 1 aromatic rings. The normalized spacial score (nSPS) is 12.1. The highest BCUT2D eigenvalue weighted by Crippen LogP contribution is 2.32. The number of ketones is 1. The smallest absolute Gasteiger partial charge is 0.406 e. The molecular weight excluding hydrogens is 374 g/mol. The molecule has 0 fully saturated rings. The monoisotopic (exact) mass is 380 g/mol. The first-order valence-electron chi connectivity index (χ1n) is 5.22. The molecule has 0 spiro atoms. The zero-order valence-electron chi connectivity index (χ0n) is 10.0. The van der Waals surface area contributed by atoms with E-state index in [-0.39, 0.29) is 10.9 Å².